The van der Waals surface area contributed by atoms with Crippen LogP contribution in [-0.4, -0.2) is 49.4 Å². The van der Waals surface area contributed by atoms with E-state index in [9.17, 15) is 18.0 Å². The van der Waals surface area contributed by atoms with Crippen LogP contribution < -0.4 is 4.72 Å². The fourth-order valence-electron chi connectivity index (χ4n) is 2.27. The first kappa shape index (κ1) is 18.4. The smallest absolute Gasteiger partial charge is 0.323 e. The van der Waals surface area contributed by atoms with Crippen molar-refractivity contribution in [3.63, 3.8) is 0 Å². The predicted molar refractivity (Wildman–Crippen MR) is 88.2 cm³/mol. The quantitative estimate of drug-likeness (QED) is 0.732. The summed E-state index contributed by atoms with van der Waals surface area (Å²) in [5.74, 6) is -1.39. The maximum absolute atomic E-state index is 12.5. The lowest BCUT2D eigenvalue weighted by Crippen LogP contribution is -2.38. The van der Waals surface area contributed by atoms with Crippen LogP contribution in [0.25, 0.3) is 0 Å². The Balaban J connectivity index is 2.15. The maximum atomic E-state index is 12.5. The third-order valence-electron chi connectivity index (χ3n) is 3.51. The molecule has 1 aliphatic rings. The molecule has 0 bridgehead atoms. The molecule has 0 aliphatic heterocycles. The van der Waals surface area contributed by atoms with E-state index in [2.05, 4.69) is 4.72 Å². The van der Waals surface area contributed by atoms with Crippen molar-refractivity contribution in [2.24, 2.45) is 5.92 Å². The molecule has 0 saturated heterocycles. The number of aliphatic carboxylic acids is 1. The van der Waals surface area contributed by atoms with Gasteiger partial charge in [-0.2, -0.15) is 0 Å². The molecule has 1 aliphatic carbocycles. The molecule has 2 N–H and O–H groups in total. The van der Waals surface area contributed by atoms with Crippen LogP contribution in [0.2, 0.25) is 0 Å². The van der Waals surface area contributed by atoms with Crippen LogP contribution in [0.5, 0.6) is 0 Å². The Morgan fingerprint density at radius 1 is 1.25 bits per heavy atom. The van der Waals surface area contributed by atoms with E-state index in [-0.39, 0.29) is 29.0 Å². The second-order valence-electron chi connectivity index (χ2n) is 6.39. The molecule has 1 saturated carbocycles. The number of nitrogens with one attached hydrogen (secondary N) is 1. The van der Waals surface area contributed by atoms with Crippen molar-refractivity contribution in [1.29, 1.82) is 0 Å². The second-order valence-corrected chi connectivity index (χ2v) is 8.11. The van der Waals surface area contributed by atoms with E-state index in [1.54, 1.807) is 0 Å². The molecule has 1 fully saturated rings. The van der Waals surface area contributed by atoms with Gasteiger partial charge in [0.2, 0.25) is 10.0 Å². The highest BCUT2D eigenvalue weighted by molar-refractivity contribution is 7.89. The zero-order valence-corrected chi connectivity index (χ0v) is 14.5. The summed E-state index contributed by atoms with van der Waals surface area (Å²) in [6.07, 6.45) is 1.68. The number of hydrogen-bond acceptors (Lipinski definition) is 4. The van der Waals surface area contributed by atoms with E-state index in [0.717, 1.165) is 12.8 Å². The molecule has 1 aromatic rings. The van der Waals surface area contributed by atoms with Crippen LogP contribution in [0.4, 0.5) is 0 Å². The first-order chi connectivity index (χ1) is 11.2. The predicted octanol–water partition coefficient (Wildman–Crippen LogP) is 1.31. The molecule has 2 rings (SSSR count). The van der Waals surface area contributed by atoms with Crippen molar-refractivity contribution in [1.82, 2.24) is 9.62 Å². The Hall–Kier alpha value is -1.93. The number of carbonyl (C=O) groups excluding carboxylic acids is 1. The van der Waals surface area contributed by atoms with E-state index in [1.807, 2.05) is 13.8 Å². The highest BCUT2D eigenvalue weighted by atomic mass is 32.2. The van der Waals surface area contributed by atoms with Crippen molar-refractivity contribution in [2.75, 3.05) is 13.1 Å². The fraction of sp³-hybridized carbons (Fsp3) is 0.500. The first-order valence-electron chi connectivity index (χ1n) is 7.82. The van der Waals surface area contributed by atoms with Gasteiger partial charge in [-0.1, -0.05) is 13.8 Å². The van der Waals surface area contributed by atoms with Crippen LogP contribution in [0.1, 0.15) is 37.0 Å². The number of nitrogens with zero attached hydrogens (tertiary/aromatic N) is 1. The standard InChI is InChI=1S/C16H22N2O5S/c1-11(2)9-18(10-15(19)20)16(21)12-3-7-14(8-4-12)24(22,23)17-13-5-6-13/h3-4,7-8,11,13,17H,5-6,9-10H2,1-2H3,(H,19,20). The number of hydrogen-bond donors (Lipinski definition) is 2. The highest BCUT2D eigenvalue weighted by Gasteiger charge is 2.28. The fourth-order valence-corrected chi connectivity index (χ4v) is 3.58. The SMILES string of the molecule is CC(C)CN(CC(=O)O)C(=O)c1ccc(S(=O)(=O)NC2CC2)cc1. The monoisotopic (exact) mass is 354 g/mol. The lowest BCUT2D eigenvalue weighted by molar-refractivity contribution is -0.137. The topological polar surface area (TPSA) is 104 Å². The van der Waals surface area contributed by atoms with E-state index < -0.39 is 21.9 Å². The number of carbonyl (C=O) groups is 2. The molecule has 0 radical (unpaired) electrons. The highest BCUT2D eigenvalue weighted by Crippen LogP contribution is 2.22. The largest absolute Gasteiger partial charge is 0.480 e. The summed E-state index contributed by atoms with van der Waals surface area (Å²) in [5, 5.41) is 8.95. The summed E-state index contributed by atoms with van der Waals surface area (Å²) in [7, 11) is -3.57. The van der Waals surface area contributed by atoms with Gasteiger partial charge < -0.3 is 10.0 Å². The Labute approximate surface area is 141 Å². The molecular formula is C16H22N2O5S. The Morgan fingerprint density at radius 2 is 1.83 bits per heavy atom. The van der Waals surface area contributed by atoms with Gasteiger partial charge in [0.1, 0.15) is 6.54 Å². The van der Waals surface area contributed by atoms with Gasteiger partial charge in [-0.15, -0.1) is 0 Å². The van der Waals surface area contributed by atoms with Crippen LogP contribution in [0.15, 0.2) is 29.2 Å². The van der Waals surface area contributed by atoms with Crippen molar-refractivity contribution < 1.29 is 23.1 Å². The van der Waals surface area contributed by atoms with E-state index in [1.165, 1.54) is 29.2 Å². The molecule has 8 heteroatoms. The van der Waals surface area contributed by atoms with E-state index >= 15 is 0 Å². The molecule has 0 heterocycles. The second kappa shape index (κ2) is 7.31. The molecule has 0 atom stereocenters. The summed E-state index contributed by atoms with van der Waals surface area (Å²) >= 11 is 0. The van der Waals surface area contributed by atoms with Crippen LogP contribution in [0.3, 0.4) is 0 Å². The molecule has 0 aromatic heterocycles. The van der Waals surface area contributed by atoms with Gasteiger partial charge in [0, 0.05) is 18.2 Å². The van der Waals surface area contributed by atoms with Crippen LogP contribution >= 0.6 is 0 Å². The summed E-state index contributed by atoms with van der Waals surface area (Å²) in [5.41, 5.74) is 0.266. The van der Waals surface area contributed by atoms with Crippen LogP contribution in [-0.2, 0) is 14.8 Å². The molecule has 1 aromatic carbocycles. The molecular weight excluding hydrogens is 332 g/mol. The van der Waals surface area contributed by atoms with E-state index in [4.69, 9.17) is 5.11 Å². The minimum absolute atomic E-state index is 0.00779. The first-order valence-corrected chi connectivity index (χ1v) is 9.31. The number of sulfonamides is 1. The average molecular weight is 354 g/mol. The van der Waals surface area contributed by atoms with Gasteiger partial charge in [0.05, 0.1) is 4.90 Å². The number of carboxylic acids is 1. The van der Waals surface area contributed by atoms with Gasteiger partial charge in [-0.3, -0.25) is 9.59 Å². The number of amides is 1. The number of rotatable bonds is 8. The lowest BCUT2D eigenvalue weighted by atomic mass is 10.1. The molecule has 0 unspecified atom stereocenters. The van der Waals surface area contributed by atoms with Gasteiger partial charge in [-0.25, -0.2) is 13.1 Å². The minimum Gasteiger partial charge on any atom is -0.480 e. The van der Waals surface area contributed by atoms with Crippen LogP contribution in [0, 0.1) is 5.92 Å². The third kappa shape index (κ3) is 5.04. The maximum Gasteiger partial charge on any atom is 0.323 e. The average Bonchev–Trinajstić information content (AvgIpc) is 3.28. The summed E-state index contributed by atoms with van der Waals surface area (Å²) < 4.78 is 26.8. The Morgan fingerprint density at radius 3 is 2.29 bits per heavy atom. The lowest BCUT2D eigenvalue weighted by Gasteiger charge is -2.22. The third-order valence-corrected chi connectivity index (χ3v) is 5.05. The number of benzene rings is 1. The van der Waals surface area contributed by atoms with E-state index in [0.29, 0.717) is 6.54 Å². The van der Waals surface area contributed by atoms with Crippen molar-refractivity contribution >= 4 is 21.9 Å². The van der Waals surface area contributed by atoms with Crippen molar-refractivity contribution in [2.45, 2.75) is 37.6 Å². The molecule has 1 amide bonds. The zero-order chi connectivity index (χ0) is 17.9. The van der Waals surface area contributed by atoms with Crippen molar-refractivity contribution in [3.8, 4) is 0 Å². The molecule has 7 nitrogen and oxygen atoms in total. The molecule has 0 spiro atoms. The molecule has 24 heavy (non-hydrogen) atoms. The Bertz CT molecular complexity index is 708. The van der Waals surface area contributed by atoms with Crippen molar-refractivity contribution in [3.05, 3.63) is 29.8 Å². The molecule has 132 valence electrons. The van der Waals surface area contributed by atoms with Gasteiger partial charge in [0.25, 0.3) is 5.91 Å². The zero-order valence-electron chi connectivity index (χ0n) is 13.7. The number of carboxylic acid groups (broad SMARTS) is 1. The van der Waals surface area contributed by atoms with Gasteiger partial charge in [-0.05, 0) is 43.0 Å². The summed E-state index contributed by atoms with van der Waals surface area (Å²) in [4.78, 5) is 24.7. The van der Waals surface area contributed by atoms with Gasteiger partial charge in [0.15, 0.2) is 0 Å². The normalized spacial score (nSPS) is 14.6. The van der Waals surface area contributed by atoms with Gasteiger partial charge >= 0.3 is 5.97 Å². The summed E-state index contributed by atoms with van der Waals surface area (Å²) in [6.45, 7) is 3.71. The Kier molecular flexibility index (Phi) is 5.61. The minimum atomic E-state index is -3.57. The summed E-state index contributed by atoms with van der Waals surface area (Å²) in [6, 6.07) is 5.57.